The number of likely N-dealkylation sites (tertiary alicyclic amines) is 1. The van der Waals surface area contributed by atoms with Crippen LogP contribution in [0.4, 0.5) is 0 Å². The first kappa shape index (κ1) is 14.2. The van der Waals surface area contributed by atoms with E-state index in [0.29, 0.717) is 6.54 Å². The number of hydrogen-bond donors (Lipinski definition) is 0. The summed E-state index contributed by atoms with van der Waals surface area (Å²) in [6.07, 6.45) is 1.72. The van der Waals surface area contributed by atoms with Crippen molar-refractivity contribution in [1.29, 1.82) is 0 Å². The number of rotatable bonds is 3. The fraction of sp³-hybridized carbons (Fsp3) is 0.846. The van der Waals surface area contributed by atoms with Crippen molar-refractivity contribution in [2.45, 2.75) is 46.1 Å². The van der Waals surface area contributed by atoms with Crippen LogP contribution in [0.2, 0.25) is 0 Å². The van der Waals surface area contributed by atoms with Gasteiger partial charge in [0.15, 0.2) is 0 Å². The number of nitrogens with zero attached hydrogens (tertiary/aromatic N) is 1. The van der Waals surface area contributed by atoms with E-state index in [1.54, 1.807) is 6.92 Å². The topological polar surface area (TPSA) is 46.6 Å². The molecule has 0 amide bonds. The first-order valence-electron chi connectivity index (χ1n) is 6.22. The van der Waals surface area contributed by atoms with Crippen LogP contribution >= 0.6 is 0 Å². The fourth-order valence-electron chi connectivity index (χ4n) is 2.05. The zero-order valence-corrected chi connectivity index (χ0v) is 11.3. The molecule has 4 heteroatoms. The third-order valence-corrected chi connectivity index (χ3v) is 2.94. The van der Waals surface area contributed by atoms with Gasteiger partial charge in [0.1, 0.15) is 11.4 Å². The maximum Gasteiger partial charge on any atom is 0.320 e. The molecule has 0 saturated carbocycles. The molecule has 0 spiro atoms. The molecule has 0 aromatic heterocycles. The molecule has 1 saturated heterocycles. The average Bonchev–Trinajstić information content (AvgIpc) is 2.15. The van der Waals surface area contributed by atoms with Crippen LogP contribution in [0.3, 0.4) is 0 Å². The third-order valence-electron chi connectivity index (χ3n) is 2.94. The number of carbonyl (C=O) groups is 2. The molecule has 0 atom stereocenters. The molecule has 1 heterocycles. The van der Waals surface area contributed by atoms with Crippen molar-refractivity contribution in [3.8, 4) is 0 Å². The highest BCUT2D eigenvalue weighted by Crippen LogP contribution is 2.18. The normalized spacial score (nSPS) is 19.1. The molecule has 17 heavy (non-hydrogen) atoms. The van der Waals surface area contributed by atoms with Gasteiger partial charge < -0.3 is 4.74 Å². The fourth-order valence-corrected chi connectivity index (χ4v) is 2.05. The quantitative estimate of drug-likeness (QED) is 0.705. The molecule has 0 unspecified atom stereocenters. The smallest absolute Gasteiger partial charge is 0.320 e. The highest BCUT2D eigenvalue weighted by molar-refractivity contribution is 5.78. The van der Waals surface area contributed by atoms with E-state index in [0.717, 1.165) is 25.9 Å². The Labute approximate surface area is 103 Å². The third kappa shape index (κ3) is 5.31. The van der Waals surface area contributed by atoms with Gasteiger partial charge in [-0.2, -0.15) is 0 Å². The van der Waals surface area contributed by atoms with Gasteiger partial charge in [0.2, 0.25) is 0 Å². The first-order chi connectivity index (χ1) is 7.78. The van der Waals surface area contributed by atoms with Gasteiger partial charge in [-0.15, -0.1) is 0 Å². The van der Waals surface area contributed by atoms with Crippen LogP contribution in [-0.4, -0.2) is 41.9 Å². The highest BCUT2D eigenvalue weighted by Gasteiger charge is 2.25. The molecule has 0 bridgehead atoms. The summed E-state index contributed by atoms with van der Waals surface area (Å²) >= 11 is 0. The Kier molecular flexibility index (Phi) is 4.69. The van der Waals surface area contributed by atoms with E-state index in [1.807, 2.05) is 20.8 Å². The molecule has 1 aliphatic heterocycles. The van der Waals surface area contributed by atoms with E-state index in [9.17, 15) is 9.59 Å². The Bertz CT molecular complexity index is 286. The maximum absolute atomic E-state index is 11.6. The predicted octanol–water partition coefficient (Wildman–Crippen LogP) is 1.63. The van der Waals surface area contributed by atoms with E-state index < -0.39 is 5.60 Å². The minimum absolute atomic E-state index is 0.182. The number of carbonyl (C=O) groups excluding carboxylic acids is 2. The molecule has 0 radical (unpaired) electrons. The van der Waals surface area contributed by atoms with Gasteiger partial charge in [0.25, 0.3) is 0 Å². The number of hydrogen-bond acceptors (Lipinski definition) is 4. The summed E-state index contributed by atoms with van der Waals surface area (Å²) in [6.45, 7) is 9.20. The summed E-state index contributed by atoms with van der Waals surface area (Å²) in [6, 6.07) is 0. The van der Waals surface area contributed by atoms with Crippen LogP contribution in [0.15, 0.2) is 0 Å². The second kappa shape index (κ2) is 5.63. The van der Waals surface area contributed by atoms with Gasteiger partial charge in [-0.3, -0.25) is 14.5 Å². The van der Waals surface area contributed by atoms with Crippen molar-refractivity contribution in [2.24, 2.45) is 5.92 Å². The van der Waals surface area contributed by atoms with Gasteiger partial charge in [-0.1, -0.05) is 0 Å². The van der Waals surface area contributed by atoms with Crippen LogP contribution in [0.1, 0.15) is 40.5 Å². The lowest BCUT2D eigenvalue weighted by molar-refractivity contribution is -0.156. The van der Waals surface area contributed by atoms with Crippen LogP contribution < -0.4 is 0 Å². The van der Waals surface area contributed by atoms with E-state index >= 15 is 0 Å². The van der Waals surface area contributed by atoms with Crippen molar-refractivity contribution < 1.29 is 14.3 Å². The SMILES string of the molecule is CC(=O)C1CCN(CC(=O)OC(C)(C)C)CC1. The molecule has 1 aliphatic rings. The number of ether oxygens (including phenoxy) is 1. The van der Waals surface area contributed by atoms with Crippen LogP contribution in [0.25, 0.3) is 0 Å². The molecule has 0 aliphatic carbocycles. The zero-order chi connectivity index (χ0) is 13.1. The molecule has 1 rings (SSSR count). The molecule has 98 valence electrons. The van der Waals surface area contributed by atoms with Crippen LogP contribution in [0, 0.1) is 5.92 Å². The Hall–Kier alpha value is -0.900. The van der Waals surface area contributed by atoms with Gasteiger partial charge in [-0.25, -0.2) is 0 Å². The summed E-state index contributed by atoms with van der Waals surface area (Å²) < 4.78 is 5.27. The van der Waals surface area contributed by atoms with Crippen molar-refractivity contribution in [3.63, 3.8) is 0 Å². The second-order valence-electron chi connectivity index (χ2n) is 5.75. The van der Waals surface area contributed by atoms with E-state index in [4.69, 9.17) is 4.74 Å². The molecule has 0 aromatic carbocycles. The van der Waals surface area contributed by atoms with Crippen molar-refractivity contribution in [1.82, 2.24) is 4.90 Å². The summed E-state index contributed by atoms with van der Waals surface area (Å²) in [5, 5.41) is 0. The Morgan fingerprint density at radius 3 is 2.18 bits per heavy atom. The Morgan fingerprint density at radius 1 is 1.24 bits per heavy atom. The number of piperidine rings is 1. The first-order valence-corrected chi connectivity index (χ1v) is 6.22. The molecule has 1 fully saturated rings. The lowest BCUT2D eigenvalue weighted by atomic mass is 9.93. The molecular formula is C13H23NO3. The average molecular weight is 241 g/mol. The van der Waals surface area contributed by atoms with Crippen molar-refractivity contribution in [3.05, 3.63) is 0 Å². The highest BCUT2D eigenvalue weighted by atomic mass is 16.6. The van der Waals surface area contributed by atoms with Crippen LogP contribution in [-0.2, 0) is 14.3 Å². The van der Waals surface area contributed by atoms with Gasteiger partial charge in [0.05, 0.1) is 6.54 Å². The molecule has 0 N–H and O–H groups in total. The molecule has 4 nitrogen and oxygen atoms in total. The zero-order valence-electron chi connectivity index (χ0n) is 11.3. The largest absolute Gasteiger partial charge is 0.459 e. The summed E-state index contributed by atoms with van der Waals surface area (Å²) in [5.41, 5.74) is -0.422. The minimum Gasteiger partial charge on any atom is -0.459 e. The van der Waals surface area contributed by atoms with Gasteiger partial charge in [-0.05, 0) is 53.6 Å². The van der Waals surface area contributed by atoms with E-state index in [1.165, 1.54) is 0 Å². The maximum atomic E-state index is 11.6. The number of ketones is 1. The molecular weight excluding hydrogens is 218 g/mol. The van der Waals surface area contributed by atoms with E-state index in [-0.39, 0.29) is 17.7 Å². The number of Topliss-reactive ketones (excluding diaryl/α,β-unsaturated/α-hetero) is 1. The van der Waals surface area contributed by atoms with Crippen molar-refractivity contribution in [2.75, 3.05) is 19.6 Å². The van der Waals surface area contributed by atoms with Crippen LogP contribution in [0.5, 0.6) is 0 Å². The van der Waals surface area contributed by atoms with E-state index in [2.05, 4.69) is 4.90 Å². The lowest BCUT2D eigenvalue weighted by Gasteiger charge is -2.30. The van der Waals surface area contributed by atoms with Gasteiger partial charge >= 0.3 is 5.97 Å². The summed E-state index contributed by atoms with van der Waals surface area (Å²) in [7, 11) is 0. The summed E-state index contributed by atoms with van der Waals surface area (Å²) in [5.74, 6) is 0.269. The monoisotopic (exact) mass is 241 g/mol. The minimum atomic E-state index is -0.422. The lowest BCUT2D eigenvalue weighted by Crippen LogP contribution is -2.40. The second-order valence-corrected chi connectivity index (χ2v) is 5.75. The standard InChI is InChI=1S/C13H23NO3/c1-10(15)11-5-7-14(8-6-11)9-12(16)17-13(2,3)4/h11H,5-9H2,1-4H3. The Morgan fingerprint density at radius 2 is 1.76 bits per heavy atom. The Balaban J connectivity index is 2.31. The van der Waals surface area contributed by atoms with Crippen molar-refractivity contribution >= 4 is 11.8 Å². The predicted molar refractivity (Wildman–Crippen MR) is 65.7 cm³/mol. The van der Waals surface area contributed by atoms with Gasteiger partial charge in [0, 0.05) is 5.92 Å². The number of esters is 1. The molecule has 0 aromatic rings. The summed E-state index contributed by atoms with van der Waals surface area (Å²) in [4.78, 5) is 24.9.